The number of Topliss-reactive ketones (excluding diaryl/α,β-unsaturated/α-hetero) is 1. The lowest BCUT2D eigenvalue weighted by atomic mass is 9.72. The number of hydrogen-bond donors (Lipinski definition) is 1. The molecule has 3 aliphatic carbocycles. The summed E-state index contributed by atoms with van der Waals surface area (Å²) < 4.78 is 5.45. The third-order valence-electron chi connectivity index (χ3n) is 5.52. The van der Waals surface area contributed by atoms with Crippen molar-refractivity contribution in [2.24, 2.45) is 23.2 Å². The predicted octanol–water partition coefficient (Wildman–Crippen LogP) is 3.07. The van der Waals surface area contributed by atoms with Crippen LogP contribution in [-0.2, 0) is 9.53 Å². The van der Waals surface area contributed by atoms with E-state index in [1.54, 1.807) is 0 Å². The molecular weight excluding hydrogens is 266 g/mol. The summed E-state index contributed by atoms with van der Waals surface area (Å²) in [4.78, 5) is 24.4. The summed E-state index contributed by atoms with van der Waals surface area (Å²) in [6.07, 6.45) is 8.76. The van der Waals surface area contributed by atoms with Gasteiger partial charge in [-0.1, -0.05) is 19.1 Å². The molecule has 3 aliphatic rings. The lowest BCUT2D eigenvalue weighted by molar-refractivity contribution is -0.132. The summed E-state index contributed by atoms with van der Waals surface area (Å²) in [6.45, 7) is 4.15. The molecule has 0 aromatic heterocycles. The van der Waals surface area contributed by atoms with Gasteiger partial charge in [-0.15, -0.1) is 0 Å². The van der Waals surface area contributed by atoms with Crippen molar-refractivity contribution >= 4 is 11.9 Å². The van der Waals surface area contributed by atoms with Crippen LogP contribution in [0.1, 0.15) is 46.0 Å². The summed E-state index contributed by atoms with van der Waals surface area (Å²) in [7, 11) is 0. The Bertz CT molecular complexity index is 469. The Balaban J connectivity index is 1.59. The van der Waals surface area contributed by atoms with Gasteiger partial charge < -0.3 is 10.1 Å². The van der Waals surface area contributed by atoms with E-state index in [2.05, 4.69) is 17.5 Å². The second-order valence-electron chi connectivity index (χ2n) is 6.97. The van der Waals surface area contributed by atoms with E-state index in [0.717, 1.165) is 12.8 Å². The molecule has 116 valence electrons. The molecule has 0 aliphatic heterocycles. The maximum absolute atomic E-state index is 12.4. The van der Waals surface area contributed by atoms with Gasteiger partial charge in [0.15, 0.2) is 0 Å². The number of nitrogens with one attached hydrogen (secondary N) is 1. The maximum atomic E-state index is 12.4. The van der Waals surface area contributed by atoms with Gasteiger partial charge in [-0.25, -0.2) is 4.79 Å². The quantitative estimate of drug-likeness (QED) is 0.765. The number of amides is 1. The third-order valence-corrected chi connectivity index (χ3v) is 5.52. The van der Waals surface area contributed by atoms with Gasteiger partial charge in [0, 0.05) is 12.5 Å². The molecule has 2 saturated carbocycles. The first-order valence-electron chi connectivity index (χ1n) is 8.20. The summed E-state index contributed by atoms with van der Waals surface area (Å²) in [6, 6.07) is 0.176. The third kappa shape index (κ3) is 2.72. The van der Waals surface area contributed by atoms with E-state index < -0.39 is 5.41 Å². The van der Waals surface area contributed by atoms with E-state index in [9.17, 15) is 9.59 Å². The first-order valence-corrected chi connectivity index (χ1v) is 8.20. The predicted molar refractivity (Wildman–Crippen MR) is 79.8 cm³/mol. The lowest BCUT2D eigenvalue weighted by Gasteiger charge is -2.33. The average Bonchev–Trinajstić information content (AvgIpc) is 3.15. The van der Waals surface area contributed by atoms with Crippen LogP contribution in [0.15, 0.2) is 12.2 Å². The molecule has 0 heterocycles. The van der Waals surface area contributed by atoms with E-state index >= 15 is 0 Å². The van der Waals surface area contributed by atoms with Crippen molar-refractivity contribution in [3.05, 3.63) is 12.2 Å². The summed E-state index contributed by atoms with van der Waals surface area (Å²) in [5.41, 5.74) is -0.464. The Kier molecular flexibility index (Phi) is 3.80. The Hall–Kier alpha value is -1.32. The highest BCUT2D eigenvalue weighted by atomic mass is 16.5. The van der Waals surface area contributed by atoms with Crippen molar-refractivity contribution in [1.82, 2.24) is 5.32 Å². The van der Waals surface area contributed by atoms with Gasteiger partial charge in [0.2, 0.25) is 0 Å². The van der Waals surface area contributed by atoms with E-state index in [1.807, 2.05) is 13.8 Å². The van der Waals surface area contributed by atoms with Crippen molar-refractivity contribution in [3.63, 3.8) is 0 Å². The zero-order valence-corrected chi connectivity index (χ0v) is 12.9. The zero-order chi connectivity index (χ0) is 15.0. The summed E-state index contributed by atoms with van der Waals surface area (Å²) in [5, 5.41) is 2.89. The van der Waals surface area contributed by atoms with Gasteiger partial charge >= 0.3 is 6.09 Å². The standard InChI is InChI=1S/C17H25NO3/c1-3-15(19)17(9-12-4-7-14(17)8-12)10-21-16(20)18-11(2)13-5-6-13/h4,7,11-14H,3,5-6,8-10H2,1-2H3,(H,18,20). The molecule has 4 atom stereocenters. The largest absolute Gasteiger partial charge is 0.448 e. The molecule has 4 nitrogen and oxygen atoms in total. The molecular formula is C17H25NO3. The minimum Gasteiger partial charge on any atom is -0.448 e. The molecule has 0 saturated heterocycles. The van der Waals surface area contributed by atoms with Gasteiger partial charge in [-0.2, -0.15) is 0 Å². The number of rotatable bonds is 6. The fourth-order valence-electron chi connectivity index (χ4n) is 4.01. The maximum Gasteiger partial charge on any atom is 0.407 e. The second kappa shape index (κ2) is 5.47. The number of ketones is 1. The fraction of sp³-hybridized carbons (Fsp3) is 0.765. The van der Waals surface area contributed by atoms with Crippen LogP contribution in [0, 0.1) is 23.2 Å². The molecule has 2 bridgehead atoms. The molecule has 21 heavy (non-hydrogen) atoms. The molecule has 3 rings (SSSR count). The minimum absolute atomic E-state index is 0.176. The number of carbonyl (C=O) groups is 2. The number of fused-ring (bicyclic) bond motifs is 2. The van der Waals surface area contributed by atoms with Crippen molar-refractivity contribution in [2.75, 3.05) is 6.61 Å². The Morgan fingerprint density at radius 1 is 1.38 bits per heavy atom. The van der Waals surface area contributed by atoms with Crippen molar-refractivity contribution in [3.8, 4) is 0 Å². The number of alkyl carbamates (subject to hydrolysis) is 1. The van der Waals surface area contributed by atoms with Crippen molar-refractivity contribution in [2.45, 2.75) is 52.0 Å². The topological polar surface area (TPSA) is 55.4 Å². The molecule has 4 unspecified atom stereocenters. The van der Waals surface area contributed by atoms with Gasteiger partial charge in [0.1, 0.15) is 12.4 Å². The summed E-state index contributed by atoms with van der Waals surface area (Å²) in [5.74, 6) is 1.59. The highest BCUT2D eigenvalue weighted by Crippen LogP contribution is 2.53. The monoisotopic (exact) mass is 291 g/mol. The molecule has 0 aromatic rings. The van der Waals surface area contributed by atoms with Crippen LogP contribution < -0.4 is 5.32 Å². The first-order chi connectivity index (χ1) is 10.0. The number of allylic oxidation sites excluding steroid dienone is 2. The molecule has 0 radical (unpaired) electrons. The smallest absolute Gasteiger partial charge is 0.407 e. The number of ether oxygens (including phenoxy) is 1. The second-order valence-corrected chi connectivity index (χ2v) is 6.97. The Morgan fingerprint density at radius 2 is 2.14 bits per heavy atom. The molecule has 2 fully saturated rings. The Labute approximate surface area is 126 Å². The fourth-order valence-corrected chi connectivity index (χ4v) is 4.01. The van der Waals surface area contributed by atoms with Gasteiger partial charge in [-0.3, -0.25) is 4.79 Å². The van der Waals surface area contributed by atoms with Crippen LogP contribution in [0.5, 0.6) is 0 Å². The lowest BCUT2D eigenvalue weighted by Crippen LogP contribution is -2.42. The van der Waals surface area contributed by atoms with Crippen LogP contribution >= 0.6 is 0 Å². The average molecular weight is 291 g/mol. The number of hydrogen-bond acceptors (Lipinski definition) is 3. The van der Waals surface area contributed by atoms with Gasteiger partial charge in [0.05, 0.1) is 5.41 Å². The molecule has 0 spiro atoms. The Morgan fingerprint density at radius 3 is 2.67 bits per heavy atom. The van der Waals surface area contributed by atoms with E-state index in [0.29, 0.717) is 18.3 Å². The molecule has 0 aromatic carbocycles. The van der Waals surface area contributed by atoms with Gasteiger partial charge in [-0.05, 0) is 50.4 Å². The van der Waals surface area contributed by atoms with Crippen molar-refractivity contribution < 1.29 is 14.3 Å². The van der Waals surface area contributed by atoms with Crippen molar-refractivity contribution in [1.29, 1.82) is 0 Å². The molecule has 1 N–H and O–H groups in total. The van der Waals surface area contributed by atoms with Crippen LogP contribution in [0.4, 0.5) is 4.79 Å². The van der Waals surface area contributed by atoms with E-state index in [-0.39, 0.29) is 30.4 Å². The minimum atomic E-state index is -0.464. The summed E-state index contributed by atoms with van der Waals surface area (Å²) >= 11 is 0. The molecule has 1 amide bonds. The normalized spacial score (nSPS) is 34.8. The number of carbonyl (C=O) groups excluding carboxylic acids is 2. The SMILES string of the molecule is CCC(=O)C1(COC(=O)NC(C)C2CC2)CC2C=CC1C2. The highest BCUT2D eigenvalue weighted by molar-refractivity contribution is 5.86. The molecule has 4 heteroatoms. The van der Waals surface area contributed by atoms with Crippen LogP contribution in [0.25, 0.3) is 0 Å². The highest BCUT2D eigenvalue weighted by Gasteiger charge is 2.53. The van der Waals surface area contributed by atoms with Gasteiger partial charge in [0.25, 0.3) is 0 Å². The first kappa shape index (κ1) is 14.6. The van der Waals surface area contributed by atoms with Crippen LogP contribution in [-0.4, -0.2) is 24.5 Å². The van der Waals surface area contributed by atoms with E-state index in [4.69, 9.17) is 4.74 Å². The van der Waals surface area contributed by atoms with E-state index in [1.165, 1.54) is 12.8 Å². The zero-order valence-electron chi connectivity index (χ0n) is 12.9. The van der Waals surface area contributed by atoms with Crippen LogP contribution in [0.3, 0.4) is 0 Å². The van der Waals surface area contributed by atoms with Crippen LogP contribution in [0.2, 0.25) is 0 Å².